The van der Waals surface area contributed by atoms with Crippen molar-refractivity contribution in [2.45, 2.75) is 26.3 Å². The van der Waals surface area contributed by atoms with Crippen LogP contribution in [0.1, 0.15) is 25.8 Å². The second kappa shape index (κ2) is 10.9. The SMILES string of the molecule is CC[C@@H](C)[C@@H](NC(=O)COC(=O)/C=C/c1ccc(OC)cc1)C(=O)OC. The molecule has 7 heteroatoms. The number of hydrogen-bond acceptors (Lipinski definition) is 6. The highest BCUT2D eigenvalue weighted by atomic mass is 16.5. The van der Waals surface area contributed by atoms with Gasteiger partial charge in [0.2, 0.25) is 0 Å². The third-order valence-electron chi connectivity index (χ3n) is 3.86. The molecule has 0 aliphatic carbocycles. The maximum Gasteiger partial charge on any atom is 0.331 e. The van der Waals surface area contributed by atoms with E-state index in [0.29, 0.717) is 12.2 Å². The second-order valence-electron chi connectivity index (χ2n) is 5.67. The quantitative estimate of drug-likeness (QED) is 0.533. The van der Waals surface area contributed by atoms with Crippen LogP contribution >= 0.6 is 0 Å². The minimum absolute atomic E-state index is 0.0999. The van der Waals surface area contributed by atoms with E-state index in [4.69, 9.17) is 9.47 Å². The predicted molar refractivity (Wildman–Crippen MR) is 96.4 cm³/mol. The van der Waals surface area contributed by atoms with Crippen molar-refractivity contribution in [2.75, 3.05) is 20.8 Å². The Morgan fingerprint density at radius 3 is 2.35 bits per heavy atom. The van der Waals surface area contributed by atoms with E-state index in [1.165, 1.54) is 13.2 Å². The van der Waals surface area contributed by atoms with E-state index >= 15 is 0 Å². The van der Waals surface area contributed by atoms with Crippen LogP contribution in [-0.4, -0.2) is 44.7 Å². The molecule has 0 aliphatic rings. The number of benzene rings is 1. The summed E-state index contributed by atoms with van der Waals surface area (Å²) in [5.74, 6) is -1.14. The molecule has 2 atom stereocenters. The van der Waals surface area contributed by atoms with Gasteiger partial charge in [0.1, 0.15) is 11.8 Å². The molecular formula is C19H25NO6. The number of rotatable bonds is 9. The highest BCUT2D eigenvalue weighted by Crippen LogP contribution is 2.12. The summed E-state index contributed by atoms with van der Waals surface area (Å²) in [5, 5.41) is 2.53. The third-order valence-corrected chi connectivity index (χ3v) is 3.86. The molecular weight excluding hydrogens is 338 g/mol. The van der Waals surface area contributed by atoms with Gasteiger partial charge >= 0.3 is 11.9 Å². The topological polar surface area (TPSA) is 90.9 Å². The molecule has 1 rings (SSSR count). The average Bonchev–Trinajstić information content (AvgIpc) is 2.67. The smallest absolute Gasteiger partial charge is 0.331 e. The van der Waals surface area contributed by atoms with E-state index in [1.54, 1.807) is 37.5 Å². The summed E-state index contributed by atoms with van der Waals surface area (Å²) in [4.78, 5) is 35.3. The normalized spacial score (nSPS) is 12.9. The molecule has 0 bridgehead atoms. The molecule has 1 aromatic carbocycles. The highest BCUT2D eigenvalue weighted by molar-refractivity contribution is 5.90. The van der Waals surface area contributed by atoms with Crippen molar-refractivity contribution < 1.29 is 28.6 Å². The number of esters is 2. The Labute approximate surface area is 153 Å². The highest BCUT2D eigenvalue weighted by Gasteiger charge is 2.26. The molecule has 0 heterocycles. The summed E-state index contributed by atoms with van der Waals surface area (Å²) in [6, 6.07) is 6.32. The van der Waals surface area contributed by atoms with Gasteiger partial charge in [0, 0.05) is 6.08 Å². The van der Waals surface area contributed by atoms with E-state index in [1.807, 2.05) is 13.8 Å². The lowest BCUT2D eigenvalue weighted by atomic mass is 9.99. The van der Waals surface area contributed by atoms with E-state index in [-0.39, 0.29) is 5.92 Å². The molecule has 0 radical (unpaired) electrons. The summed E-state index contributed by atoms with van der Waals surface area (Å²) >= 11 is 0. The number of ether oxygens (including phenoxy) is 3. The van der Waals surface area contributed by atoms with Crippen LogP contribution in [0.2, 0.25) is 0 Å². The van der Waals surface area contributed by atoms with Crippen molar-refractivity contribution in [3.63, 3.8) is 0 Å². The summed E-state index contributed by atoms with van der Waals surface area (Å²) in [7, 11) is 2.83. The van der Waals surface area contributed by atoms with Crippen LogP contribution in [0.25, 0.3) is 6.08 Å². The van der Waals surface area contributed by atoms with Gasteiger partial charge in [-0.2, -0.15) is 0 Å². The van der Waals surface area contributed by atoms with Crippen molar-refractivity contribution in [1.82, 2.24) is 5.32 Å². The molecule has 0 aliphatic heterocycles. The number of hydrogen-bond donors (Lipinski definition) is 1. The molecule has 0 aromatic heterocycles. The fourth-order valence-corrected chi connectivity index (χ4v) is 2.08. The lowest BCUT2D eigenvalue weighted by molar-refractivity contribution is -0.148. The van der Waals surface area contributed by atoms with Crippen molar-refractivity contribution in [3.8, 4) is 5.75 Å². The van der Waals surface area contributed by atoms with Gasteiger partial charge in [-0.05, 0) is 29.7 Å². The Morgan fingerprint density at radius 1 is 1.15 bits per heavy atom. The zero-order valence-electron chi connectivity index (χ0n) is 15.5. The molecule has 0 unspecified atom stereocenters. The molecule has 142 valence electrons. The van der Waals surface area contributed by atoms with Crippen LogP contribution in [0.3, 0.4) is 0 Å². The van der Waals surface area contributed by atoms with E-state index < -0.39 is 30.5 Å². The zero-order chi connectivity index (χ0) is 19.5. The van der Waals surface area contributed by atoms with Crippen LogP contribution in [0.15, 0.2) is 30.3 Å². The fraction of sp³-hybridized carbons (Fsp3) is 0.421. The van der Waals surface area contributed by atoms with Crippen LogP contribution in [0.4, 0.5) is 0 Å². The van der Waals surface area contributed by atoms with Crippen molar-refractivity contribution in [3.05, 3.63) is 35.9 Å². The van der Waals surface area contributed by atoms with Gasteiger partial charge in [-0.25, -0.2) is 9.59 Å². The van der Waals surface area contributed by atoms with Gasteiger partial charge in [0.05, 0.1) is 14.2 Å². The van der Waals surface area contributed by atoms with E-state index in [2.05, 4.69) is 10.1 Å². The average molecular weight is 363 g/mol. The molecule has 7 nitrogen and oxygen atoms in total. The number of nitrogens with one attached hydrogen (secondary N) is 1. The number of amides is 1. The standard InChI is InChI=1S/C19H25NO6/c1-5-13(2)18(19(23)25-4)20-16(21)12-26-17(22)11-8-14-6-9-15(24-3)10-7-14/h6-11,13,18H,5,12H2,1-4H3,(H,20,21)/b11-8+/t13-,18-/m1/s1. The van der Waals surface area contributed by atoms with Gasteiger partial charge in [-0.15, -0.1) is 0 Å². The van der Waals surface area contributed by atoms with Crippen LogP contribution in [-0.2, 0) is 23.9 Å². The first-order chi connectivity index (χ1) is 12.4. The molecule has 26 heavy (non-hydrogen) atoms. The third kappa shape index (κ3) is 6.96. The van der Waals surface area contributed by atoms with Crippen molar-refractivity contribution >= 4 is 23.9 Å². The molecule has 1 aromatic rings. The molecule has 0 fully saturated rings. The summed E-state index contributed by atoms with van der Waals surface area (Å²) in [5.41, 5.74) is 0.787. The van der Waals surface area contributed by atoms with Gasteiger partial charge in [-0.1, -0.05) is 32.4 Å². The summed E-state index contributed by atoms with van der Waals surface area (Å²) in [6.07, 6.45) is 3.47. The second-order valence-corrected chi connectivity index (χ2v) is 5.67. The van der Waals surface area contributed by atoms with Crippen LogP contribution in [0, 0.1) is 5.92 Å². The summed E-state index contributed by atoms with van der Waals surface area (Å²) < 4.78 is 14.6. The lowest BCUT2D eigenvalue weighted by Gasteiger charge is -2.21. The fourth-order valence-electron chi connectivity index (χ4n) is 2.08. The first kappa shape index (κ1) is 21.2. The minimum Gasteiger partial charge on any atom is -0.497 e. The van der Waals surface area contributed by atoms with Gasteiger partial charge in [0.15, 0.2) is 6.61 Å². The number of carbonyl (C=O) groups is 3. The molecule has 1 amide bonds. The number of methoxy groups -OCH3 is 2. The summed E-state index contributed by atoms with van der Waals surface area (Å²) in [6.45, 7) is 3.25. The molecule has 0 saturated heterocycles. The molecule has 1 N–H and O–H groups in total. The van der Waals surface area contributed by atoms with Crippen LogP contribution < -0.4 is 10.1 Å². The maximum atomic E-state index is 11.9. The Kier molecular flexibility index (Phi) is 8.91. The van der Waals surface area contributed by atoms with Crippen molar-refractivity contribution in [2.24, 2.45) is 5.92 Å². The van der Waals surface area contributed by atoms with Gasteiger partial charge in [-0.3, -0.25) is 4.79 Å². The Bertz CT molecular complexity index is 638. The minimum atomic E-state index is -0.772. The zero-order valence-corrected chi connectivity index (χ0v) is 15.5. The van der Waals surface area contributed by atoms with E-state index in [9.17, 15) is 14.4 Å². The predicted octanol–water partition coefficient (Wildman–Crippen LogP) is 1.96. The lowest BCUT2D eigenvalue weighted by Crippen LogP contribution is -2.47. The monoisotopic (exact) mass is 363 g/mol. The molecule has 0 spiro atoms. The molecule has 0 saturated carbocycles. The Hall–Kier alpha value is -2.83. The maximum absolute atomic E-state index is 11.9. The van der Waals surface area contributed by atoms with E-state index in [0.717, 1.165) is 5.56 Å². The Morgan fingerprint density at radius 2 is 1.81 bits per heavy atom. The van der Waals surface area contributed by atoms with Gasteiger partial charge in [0.25, 0.3) is 5.91 Å². The largest absolute Gasteiger partial charge is 0.497 e. The Balaban J connectivity index is 2.50. The van der Waals surface area contributed by atoms with Crippen molar-refractivity contribution in [1.29, 1.82) is 0 Å². The van der Waals surface area contributed by atoms with Gasteiger partial charge < -0.3 is 19.5 Å². The first-order valence-corrected chi connectivity index (χ1v) is 8.27. The van der Waals surface area contributed by atoms with Crippen LogP contribution in [0.5, 0.6) is 5.75 Å². The number of carbonyl (C=O) groups excluding carboxylic acids is 3. The first-order valence-electron chi connectivity index (χ1n) is 8.27.